The van der Waals surface area contributed by atoms with Crippen molar-refractivity contribution in [2.45, 2.75) is 27.3 Å². The van der Waals surface area contributed by atoms with E-state index in [4.69, 9.17) is 0 Å². The Hall–Kier alpha value is -1.45. The first-order valence-electron chi connectivity index (χ1n) is 4.38. The van der Waals surface area contributed by atoms with Crippen LogP contribution in [0.25, 0.3) is 0 Å². The molecule has 0 unspecified atom stereocenters. The van der Waals surface area contributed by atoms with Crippen LogP contribution in [0.4, 0.5) is 0 Å². The van der Waals surface area contributed by atoms with Gasteiger partial charge in [0.1, 0.15) is 0 Å². The molecule has 70 valence electrons. The van der Waals surface area contributed by atoms with Gasteiger partial charge >= 0.3 is 0 Å². The van der Waals surface area contributed by atoms with Crippen molar-refractivity contribution in [1.82, 2.24) is 15.3 Å². The molecule has 0 spiro atoms. The van der Waals surface area contributed by atoms with Crippen molar-refractivity contribution in [1.29, 1.82) is 0 Å². The molecule has 0 saturated carbocycles. The lowest BCUT2D eigenvalue weighted by Crippen LogP contribution is -2.13. The van der Waals surface area contributed by atoms with Crippen LogP contribution in [0.2, 0.25) is 0 Å². The van der Waals surface area contributed by atoms with Crippen LogP contribution in [0.15, 0.2) is 6.20 Å². The molecule has 2 heterocycles. The zero-order valence-electron chi connectivity index (χ0n) is 8.09. The molecule has 0 fully saturated rings. The van der Waals surface area contributed by atoms with E-state index in [0.29, 0.717) is 12.2 Å². The number of carbonyl (C=O) groups excluding carboxylic acids is 1. The van der Waals surface area contributed by atoms with Gasteiger partial charge < -0.3 is 5.32 Å². The first kappa shape index (κ1) is 9.64. The number of nitrogens with one attached hydrogen (secondary N) is 1. The number of carbonyl (C=O) groups is 1. The Morgan fingerprint density at radius 2 is 2.15 bits per heavy atom. The Labute approximate surface area is 77.4 Å². The van der Waals surface area contributed by atoms with Crippen molar-refractivity contribution in [3.63, 3.8) is 0 Å². The summed E-state index contributed by atoms with van der Waals surface area (Å²) in [5.41, 5.74) is 2.01. The molecule has 1 amide bonds. The Balaban J connectivity index is 0.000000396. The van der Waals surface area contributed by atoms with Crippen LogP contribution >= 0.6 is 0 Å². The summed E-state index contributed by atoms with van der Waals surface area (Å²) in [6, 6.07) is 0. The van der Waals surface area contributed by atoms with E-state index in [1.807, 2.05) is 20.8 Å². The Bertz CT molecular complexity index is 323. The minimum Gasteiger partial charge on any atom is -0.345 e. The minimum atomic E-state index is -0.115. The maximum absolute atomic E-state index is 11.0. The van der Waals surface area contributed by atoms with Gasteiger partial charge in [-0.3, -0.25) is 9.78 Å². The average Bonchev–Trinajstić information content (AvgIpc) is 2.52. The quantitative estimate of drug-likeness (QED) is 0.647. The lowest BCUT2D eigenvalue weighted by atomic mass is 10.3. The Kier molecular flexibility index (Phi) is 2.95. The molecule has 4 heteroatoms. The molecule has 1 aliphatic heterocycles. The van der Waals surface area contributed by atoms with Crippen LogP contribution in [-0.2, 0) is 6.54 Å². The average molecular weight is 179 g/mol. The van der Waals surface area contributed by atoms with Gasteiger partial charge in [0, 0.05) is 6.20 Å². The molecule has 0 aromatic carbocycles. The highest BCUT2D eigenvalue weighted by Gasteiger charge is 2.21. The maximum atomic E-state index is 11.0. The molecule has 13 heavy (non-hydrogen) atoms. The summed E-state index contributed by atoms with van der Waals surface area (Å²) in [4.78, 5) is 19.1. The van der Waals surface area contributed by atoms with E-state index in [-0.39, 0.29) is 5.91 Å². The second-order valence-electron chi connectivity index (χ2n) is 2.49. The van der Waals surface area contributed by atoms with Gasteiger partial charge in [-0.2, -0.15) is 0 Å². The van der Waals surface area contributed by atoms with Gasteiger partial charge in [0.05, 0.1) is 17.9 Å². The molecule has 1 aliphatic rings. The standard InChI is InChI=1S/C7H7N3O.C2H6/c1-4-2-8-5-3-9-7(11)6(5)10-4;1-2/h2H,3H2,1H3,(H,9,11);1-2H3. The monoisotopic (exact) mass is 179 g/mol. The predicted octanol–water partition coefficient (Wildman–Crippen LogP) is 1.05. The first-order valence-corrected chi connectivity index (χ1v) is 4.38. The van der Waals surface area contributed by atoms with Crippen LogP contribution in [0.5, 0.6) is 0 Å². The third-order valence-electron chi connectivity index (χ3n) is 1.60. The summed E-state index contributed by atoms with van der Waals surface area (Å²) >= 11 is 0. The van der Waals surface area contributed by atoms with Crippen molar-refractivity contribution in [3.05, 3.63) is 23.3 Å². The Morgan fingerprint density at radius 3 is 2.85 bits per heavy atom. The fourth-order valence-electron chi connectivity index (χ4n) is 1.06. The number of aryl methyl sites for hydroxylation is 1. The van der Waals surface area contributed by atoms with E-state index in [1.165, 1.54) is 0 Å². The molecule has 1 aromatic rings. The number of amides is 1. The number of fused-ring (bicyclic) bond motifs is 1. The third-order valence-corrected chi connectivity index (χ3v) is 1.60. The SMILES string of the molecule is CC.Cc1cnc2c(n1)C(=O)NC2. The molecular weight excluding hydrogens is 166 g/mol. The summed E-state index contributed by atoms with van der Waals surface area (Å²) in [6.45, 7) is 6.33. The molecule has 0 aliphatic carbocycles. The molecular formula is C9H13N3O. The van der Waals surface area contributed by atoms with Crippen LogP contribution in [-0.4, -0.2) is 15.9 Å². The largest absolute Gasteiger partial charge is 0.345 e. The highest BCUT2D eigenvalue weighted by molar-refractivity contribution is 5.95. The van der Waals surface area contributed by atoms with Crippen LogP contribution < -0.4 is 5.32 Å². The van der Waals surface area contributed by atoms with Gasteiger partial charge in [0.2, 0.25) is 0 Å². The first-order chi connectivity index (χ1) is 6.27. The molecule has 0 bridgehead atoms. The van der Waals surface area contributed by atoms with E-state index < -0.39 is 0 Å². The van der Waals surface area contributed by atoms with Crippen LogP contribution in [0.1, 0.15) is 35.7 Å². The second-order valence-corrected chi connectivity index (χ2v) is 2.49. The fraction of sp³-hybridized carbons (Fsp3) is 0.444. The topological polar surface area (TPSA) is 54.9 Å². The molecule has 1 N–H and O–H groups in total. The van der Waals surface area contributed by atoms with E-state index in [0.717, 1.165) is 11.4 Å². The van der Waals surface area contributed by atoms with E-state index in [1.54, 1.807) is 6.20 Å². The van der Waals surface area contributed by atoms with E-state index in [2.05, 4.69) is 15.3 Å². The zero-order chi connectivity index (χ0) is 9.84. The highest BCUT2D eigenvalue weighted by atomic mass is 16.2. The van der Waals surface area contributed by atoms with Gasteiger partial charge in [0.25, 0.3) is 5.91 Å². The van der Waals surface area contributed by atoms with Crippen molar-refractivity contribution in [2.75, 3.05) is 0 Å². The summed E-state index contributed by atoms with van der Waals surface area (Å²) in [5, 5.41) is 2.65. The number of aromatic nitrogens is 2. The second kappa shape index (κ2) is 3.98. The lowest BCUT2D eigenvalue weighted by molar-refractivity contribution is 0.0961. The maximum Gasteiger partial charge on any atom is 0.272 e. The van der Waals surface area contributed by atoms with Crippen molar-refractivity contribution >= 4 is 5.91 Å². The number of rotatable bonds is 0. The van der Waals surface area contributed by atoms with Gasteiger partial charge in [-0.25, -0.2) is 4.98 Å². The van der Waals surface area contributed by atoms with Gasteiger partial charge in [0.15, 0.2) is 5.69 Å². The van der Waals surface area contributed by atoms with Crippen molar-refractivity contribution < 1.29 is 4.79 Å². The fourth-order valence-corrected chi connectivity index (χ4v) is 1.06. The molecule has 1 aromatic heterocycles. The Morgan fingerprint density at radius 1 is 1.46 bits per heavy atom. The van der Waals surface area contributed by atoms with Crippen molar-refractivity contribution in [2.24, 2.45) is 0 Å². The van der Waals surface area contributed by atoms with E-state index >= 15 is 0 Å². The number of hydrogen-bond donors (Lipinski definition) is 1. The molecule has 4 nitrogen and oxygen atoms in total. The van der Waals surface area contributed by atoms with Gasteiger partial charge in [-0.15, -0.1) is 0 Å². The number of nitrogens with zero attached hydrogens (tertiary/aromatic N) is 2. The molecule has 2 rings (SSSR count). The molecule has 0 radical (unpaired) electrons. The molecule has 0 saturated heterocycles. The van der Waals surface area contributed by atoms with Crippen LogP contribution in [0, 0.1) is 6.92 Å². The third kappa shape index (κ3) is 1.83. The predicted molar refractivity (Wildman–Crippen MR) is 49.3 cm³/mol. The van der Waals surface area contributed by atoms with Gasteiger partial charge in [-0.05, 0) is 6.92 Å². The zero-order valence-corrected chi connectivity index (χ0v) is 8.09. The van der Waals surface area contributed by atoms with Crippen molar-refractivity contribution in [3.8, 4) is 0 Å². The molecule has 0 atom stereocenters. The smallest absolute Gasteiger partial charge is 0.272 e. The highest BCUT2D eigenvalue weighted by Crippen LogP contribution is 2.09. The van der Waals surface area contributed by atoms with E-state index in [9.17, 15) is 4.79 Å². The summed E-state index contributed by atoms with van der Waals surface area (Å²) in [7, 11) is 0. The summed E-state index contributed by atoms with van der Waals surface area (Å²) in [5.74, 6) is -0.115. The van der Waals surface area contributed by atoms with Gasteiger partial charge in [-0.1, -0.05) is 13.8 Å². The lowest BCUT2D eigenvalue weighted by Gasteiger charge is -1.93. The summed E-state index contributed by atoms with van der Waals surface area (Å²) in [6.07, 6.45) is 1.67. The minimum absolute atomic E-state index is 0.115. The summed E-state index contributed by atoms with van der Waals surface area (Å²) < 4.78 is 0. The number of hydrogen-bond acceptors (Lipinski definition) is 3. The van der Waals surface area contributed by atoms with Crippen LogP contribution in [0.3, 0.4) is 0 Å². The normalized spacial score (nSPS) is 12.7.